The standard InChI is InChI=1S/C8H10N2O2/c1-5-4-7(10-12-5)9-8(11)6-2-3-6/h4,6H,2-3H2,1H3,(H,9,10,11). The highest BCUT2D eigenvalue weighted by molar-refractivity contribution is 5.93. The predicted octanol–water partition coefficient (Wildman–Crippen LogP) is 1.33. The van der Waals surface area contributed by atoms with Crippen LogP contribution in [-0.2, 0) is 4.79 Å². The van der Waals surface area contributed by atoms with Gasteiger partial charge in [0.25, 0.3) is 0 Å². The Kier molecular flexibility index (Phi) is 1.60. The van der Waals surface area contributed by atoms with E-state index in [-0.39, 0.29) is 11.8 Å². The highest BCUT2D eigenvalue weighted by Gasteiger charge is 2.29. The summed E-state index contributed by atoms with van der Waals surface area (Å²) in [6, 6.07) is 1.71. The molecule has 0 saturated heterocycles. The van der Waals surface area contributed by atoms with Gasteiger partial charge in [-0.1, -0.05) is 5.16 Å². The van der Waals surface area contributed by atoms with E-state index in [4.69, 9.17) is 4.52 Å². The molecule has 0 unspecified atom stereocenters. The summed E-state index contributed by atoms with van der Waals surface area (Å²) in [7, 11) is 0. The van der Waals surface area contributed by atoms with Crippen molar-refractivity contribution < 1.29 is 9.32 Å². The molecule has 0 spiro atoms. The first-order valence-corrected chi connectivity index (χ1v) is 4.00. The van der Waals surface area contributed by atoms with Crippen molar-refractivity contribution in [3.63, 3.8) is 0 Å². The van der Waals surface area contributed by atoms with Crippen LogP contribution in [0.15, 0.2) is 10.6 Å². The van der Waals surface area contributed by atoms with Crippen LogP contribution in [0.5, 0.6) is 0 Å². The van der Waals surface area contributed by atoms with Crippen LogP contribution in [-0.4, -0.2) is 11.1 Å². The van der Waals surface area contributed by atoms with Gasteiger partial charge < -0.3 is 9.84 Å². The minimum absolute atomic E-state index is 0.0586. The monoisotopic (exact) mass is 166 g/mol. The zero-order chi connectivity index (χ0) is 8.55. The molecule has 1 aromatic heterocycles. The van der Waals surface area contributed by atoms with Crippen molar-refractivity contribution in [2.24, 2.45) is 5.92 Å². The minimum Gasteiger partial charge on any atom is -0.360 e. The van der Waals surface area contributed by atoms with Crippen molar-refractivity contribution in [3.8, 4) is 0 Å². The zero-order valence-corrected chi connectivity index (χ0v) is 6.83. The second-order valence-electron chi connectivity index (χ2n) is 3.09. The number of rotatable bonds is 2. The molecule has 1 aliphatic rings. The van der Waals surface area contributed by atoms with Crippen LogP contribution in [0, 0.1) is 12.8 Å². The Morgan fingerprint density at radius 2 is 2.50 bits per heavy atom. The van der Waals surface area contributed by atoms with Crippen molar-refractivity contribution >= 4 is 11.7 Å². The first-order valence-electron chi connectivity index (χ1n) is 4.00. The highest BCUT2D eigenvalue weighted by atomic mass is 16.5. The maximum Gasteiger partial charge on any atom is 0.228 e. The number of amides is 1. The van der Waals surface area contributed by atoms with Crippen LogP contribution in [0.1, 0.15) is 18.6 Å². The molecule has 0 atom stereocenters. The summed E-state index contributed by atoms with van der Waals surface area (Å²) in [5.74, 6) is 1.50. The van der Waals surface area contributed by atoms with Gasteiger partial charge in [-0.3, -0.25) is 4.79 Å². The smallest absolute Gasteiger partial charge is 0.228 e. The Morgan fingerprint density at radius 3 is 3.00 bits per heavy atom. The minimum atomic E-state index is 0.0586. The Bertz CT molecular complexity index is 302. The molecule has 0 bridgehead atoms. The van der Waals surface area contributed by atoms with Crippen molar-refractivity contribution in [2.75, 3.05) is 5.32 Å². The number of aromatic nitrogens is 1. The summed E-state index contributed by atoms with van der Waals surface area (Å²) in [4.78, 5) is 11.2. The lowest BCUT2D eigenvalue weighted by Crippen LogP contribution is -2.13. The Labute approximate surface area is 69.9 Å². The van der Waals surface area contributed by atoms with Crippen LogP contribution in [0.25, 0.3) is 0 Å². The van der Waals surface area contributed by atoms with E-state index in [0.717, 1.165) is 12.8 Å². The van der Waals surface area contributed by atoms with Gasteiger partial charge in [-0.15, -0.1) is 0 Å². The van der Waals surface area contributed by atoms with Crippen LogP contribution >= 0.6 is 0 Å². The summed E-state index contributed by atoms with van der Waals surface area (Å²) in [5, 5.41) is 6.34. The molecule has 0 radical (unpaired) electrons. The van der Waals surface area contributed by atoms with Crippen molar-refractivity contribution in [1.29, 1.82) is 0 Å². The molecule has 4 nitrogen and oxygen atoms in total. The third-order valence-electron chi connectivity index (χ3n) is 1.83. The maximum absolute atomic E-state index is 11.2. The van der Waals surface area contributed by atoms with E-state index in [1.54, 1.807) is 13.0 Å². The summed E-state index contributed by atoms with van der Waals surface area (Å²) >= 11 is 0. The summed E-state index contributed by atoms with van der Waals surface area (Å²) in [6.45, 7) is 1.79. The van der Waals surface area contributed by atoms with Gasteiger partial charge in [0.1, 0.15) is 5.76 Å². The second-order valence-corrected chi connectivity index (χ2v) is 3.09. The fourth-order valence-corrected chi connectivity index (χ4v) is 0.999. The summed E-state index contributed by atoms with van der Waals surface area (Å²) in [5.41, 5.74) is 0. The molecule has 2 rings (SSSR count). The van der Waals surface area contributed by atoms with Crippen molar-refractivity contribution in [2.45, 2.75) is 19.8 Å². The van der Waals surface area contributed by atoms with E-state index in [1.165, 1.54) is 0 Å². The first kappa shape index (κ1) is 7.34. The molecule has 64 valence electrons. The molecular formula is C8H10N2O2. The number of anilines is 1. The number of nitrogens with zero attached hydrogens (tertiary/aromatic N) is 1. The predicted molar refractivity (Wildman–Crippen MR) is 42.6 cm³/mol. The fraction of sp³-hybridized carbons (Fsp3) is 0.500. The van der Waals surface area contributed by atoms with Crippen molar-refractivity contribution in [1.82, 2.24) is 5.16 Å². The molecule has 1 fully saturated rings. The Morgan fingerprint density at radius 1 is 1.75 bits per heavy atom. The molecular weight excluding hydrogens is 156 g/mol. The van der Waals surface area contributed by atoms with Gasteiger partial charge in [-0.2, -0.15) is 0 Å². The normalized spacial score (nSPS) is 16.1. The summed E-state index contributed by atoms with van der Waals surface area (Å²) < 4.78 is 4.80. The third kappa shape index (κ3) is 1.47. The number of nitrogens with one attached hydrogen (secondary N) is 1. The van der Waals surface area contributed by atoms with E-state index < -0.39 is 0 Å². The molecule has 1 saturated carbocycles. The number of aryl methyl sites for hydroxylation is 1. The van der Waals surface area contributed by atoms with Crippen LogP contribution in [0.3, 0.4) is 0 Å². The van der Waals surface area contributed by atoms with Crippen molar-refractivity contribution in [3.05, 3.63) is 11.8 Å². The molecule has 1 aliphatic carbocycles. The van der Waals surface area contributed by atoms with Gasteiger partial charge in [-0.25, -0.2) is 0 Å². The van der Waals surface area contributed by atoms with E-state index in [9.17, 15) is 4.79 Å². The topological polar surface area (TPSA) is 55.1 Å². The highest BCUT2D eigenvalue weighted by Crippen LogP contribution is 2.29. The second kappa shape index (κ2) is 2.62. The van der Waals surface area contributed by atoms with Crippen LogP contribution < -0.4 is 5.32 Å². The number of hydrogen-bond donors (Lipinski definition) is 1. The molecule has 1 N–H and O–H groups in total. The average molecular weight is 166 g/mol. The van der Waals surface area contributed by atoms with Gasteiger partial charge in [0, 0.05) is 12.0 Å². The van der Waals surface area contributed by atoms with E-state index in [2.05, 4.69) is 10.5 Å². The quantitative estimate of drug-likeness (QED) is 0.721. The number of hydrogen-bond acceptors (Lipinski definition) is 3. The lowest BCUT2D eigenvalue weighted by Gasteiger charge is -1.95. The third-order valence-corrected chi connectivity index (χ3v) is 1.83. The van der Waals surface area contributed by atoms with Gasteiger partial charge in [0.2, 0.25) is 5.91 Å². The molecule has 12 heavy (non-hydrogen) atoms. The average Bonchev–Trinajstić information content (AvgIpc) is 2.78. The Hall–Kier alpha value is -1.32. The van der Waals surface area contributed by atoms with Gasteiger partial charge in [-0.05, 0) is 19.8 Å². The molecule has 0 aromatic carbocycles. The molecule has 1 heterocycles. The fourth-order valence-electron chi connectivity index (χ4n) is 0.999. The lowest BCUT2D eigenvalue weighted by atomic mass is 10.4. The SMILES string of the molecule is Cc1cc(NC(=O)C2CC2)no1. The maximum atomic E-state index is 11.2. The van der Waals surface area contributed by atoms with E-state index in [1.807, 2.05) is 0 Å². The molecule has 1 aromatic rings. The Balaban J connectivity index is 1.98. The molecule has 4 heteroatoms. The zero-order valence-electron chi connectivity index (χ0n) is 6.83. The molecule has 0 aliphatic heterocycles. The number of carbonyl (C=O) groups is 1. The van der Waals surface area contributed by atoms with Crippen LogP contribution in [0.4, 0.5) is 5.82 Å². The van der Waals surface area contributed by atoms with E-state index >= 15 is 0 Å². The van der Waals surface area contributed by atoms with Crippen LogP contribution in [0.2, 0.25) is 0 Å². The van der Waals surface area contributed by atoms with Gasteiger partial charge >= 0.3 is 0 Å². The largest absolute Gasteiger partial charge is 0.360 e. The first-order chi connectivity index (χ1) is 5.75. The van der Waals surface area contributed by atoms with Gasteiger partial charge in [0.15, 0.2) is 5.82 Å². The molecule has 1 amide bonds. The number of carbonyl (C=O) groups excluding carboxylic acids is 1. The summed E-state index contributed by atoms with van der Waals surface area (Å²) in [6.07, 6.45) is 2.01. The lowest BCUT2D eigenvalue weighted by molar-refractivity contribution is -0.117. The van der Waals surface area contributed by atoms with Gasteiger partial charge in [0.05, 0.1) is 0 Å². The van der Waals surface area contributed by atoms with E-state index in [0.29, 0.717) is 11.6 Å².